The Morgan fingerprint density at radius 3 is 1.10 bits per heavy atom. The van der Waals surface area contributed by atoms with Crippen LogP contribution in [-0.4, -0.2) is 13.7 Å². The summed E-state index contributed by atoms with van der Waals surface area (Å²) in [6, 6.07) is 67.0. The summed E-state index contributed by atoms with van der Waals surface area (Å²) in [6.07, 6.45) is 0. The van der Waals surface area contributed by atoms with Gasteiger partial charge < -0.3 is 13.7 Å². The van der Waals surface area contributed by atoms with Crippen LogP contribution in [-0.2, 0) is 0 Å². The highest BCUT2D eigenvalue weighted by molar-refractivity contribution is 6.21. The molecule has 0 radical (unpaired) electrons. The molecule has 3 heterocycles. The van der Waals surface area contributed by atoms with Gasteiger partial charge in [-0.3, -0.25) is 0 Å². The number of para-hydroxylation sites is 3. The standard InChI is InChI=1S/3C19H17N.6C2H6/c1-13(2)20-18-10-6-5-9-16(18)17-11-14-7-3-4-8-15(14)12-19(17)20;1-13(2)20-18-10-6-5-9-16(18)17-12-11-14-7-3-4-8-15(14)19(17)20;1-13(2)20-17-10-6-5-9-16(17)19-15-8-4-3-7-14(15)11-12-18(19)20;6*1-2/h3*3-13H,1-2H3;6*1-2H3. The van der Waals surface area contributed by atoms with Crippen molar-refractivity contribution in [2.75, 3.05) is 0 Å². The second-order valence-corrected chi connectivity index (χ2v) is 17.0. The van der Waals surface area contributed by atoms with Gasteiger partial charge in [-0.15, -0.1) is 0 Å². The minimum atomic E-state index is 0.447. The van der Waals surface area contributed by atoms with Crippen molar-refractivity contribution < 1.29 is 0 Å². The van der Waals surface area contributed by atoms with Crippen LogP contribution in [0, 0.1) is 0 Å². The molecule has 0 N–H and O–H groups in total. The Bertz CT molecular complexity index is 3500. The number of aromatic nitrogens is 3. The van der Waals surface area contributed by atoms with E-state index in [1.807, 2.05) is 83.1 Å². The van der Waals surface area contributed by atoms with Gasteiger partial charge in [-0.25, -0.2) is 0 Å². The third kappa shape index (κ3) is 11.6. The lowest BCUT2D eigenvalue weighted by Crippen LogP contribution is -2.00. The molecule has 0 amide bonds. The Kier molecular flexibility index (Phi) is 22.7. The van der Waals surface area contributed by atoms with E-state index in [0.717, 1.165) is 0 Å². The number of rotatable bonds is 3. The SMILES string of the molecule is CC.CC.CC.CC.CC.CC.CC(C)n1c2ccccc2c2c3ccccc3ccc21.CC(C)n1c2ccccc2c2cc3ccccc3cc21.CC(C)n1c2ccccc2c2ccc3ccccc3c21. The third-order valence-corrected chi connectivity index (χ3v) is 12.3. The van der Waals surface area contributed by atoms with Crippen LogP contribution in [0.5, 0.6) is 0 Å². The van der Waals surface area contributed by atoms with E-state index >= 15 is 0 Å². The van der Waals surface area contributed by atoms with Crippen LogP contribution in [0.15, 0.2) is 182 Å². The topological polar surface area (TPSA) is 14.8 Å². The molecule has 3 aromatic heterocycles. The maximum Gasteiger partial charge on any atom is 0.0573 e. The summed E-state index contributed by atoms with van der Waals surface area (Å²) in [5.74, 6) is 0. The highest BCUT2D eigenvalue weighted by Crippen LogP contribution is 2.38. The van der Waals surface area contributed by atoms with Gasteiger partial charge >= 0.3 is 0 Å². The Morgan fingerprint density at radius 2 is 0.583 bits per heavy atom. The van der Waals surface area contributed by atoms with Gasteiger partial charge in [-0.1, -0.05) is 229 Å². The summed E-state index contributed by atoms with van der Waals surface area (Å²) < 4.78 is 7.35. The summed E-state index contributed by atoms with van der Waals surface area (Å²) in [5.41, 5.74) is 8.01. The van der Waals surface area contributed by atoms with E-state index in [2.05, 4.69) is 237 Å². The van der Waals surface area contributed by atoms with Crippen molar-refractivity contribution >= 4 is 97.7 Å². The van der Waals surface area contributed by atoms with Gasteiger partial charge in [0.25, 0.3) is 0 Å². The van der Waals surface area contributed by atoms with Crippen LogP contribution >= 0.6 is 0 Å². The summed E-state index contributed by atoms with van der Waals surface area (Å²) in [6.45, 7) is 37.5. The molecule has 378 valence electrons. The molecule has 0 aliphatic carbocycles. The zero-order chi connectivity index (χ0) is 53.1. The lowest BCUT2D eigenvalue weighted by molar-refractivity contribution is 0.642. The van der Waals surface area contributed by atoms with E-state index in [1.165, 1.54) is 97.7 Å². The molecule has 0 unspecified atom stereocenters. The first-order valence-corrected chi connectivity index (χ1v) is 27.5. The fraction of sp³-hybridized carbons (Fsp3) is 0.304. The van der Waals surface area contributed by atoms with Gasteiger partial charge in [-0.05, 0) is 105 Å². The molecule has 0 spiro atoms. The van der Waals surface area contributed by atoms with Gasteiger partial charge in [0.15, 0.2) is 0 Å². The largest absolute Gasteiger partial charge is 0.338 e. The summed E-state index contributed by atoms with van der Waals surface area (Å²) in [4.78, 5) is 0. The first kappa shape index (κ1) is 57.7. The molecule has 12 rings (SSSR count). The molecular formula is C69H87N3. The van der Waals surface area contributed by atoms with Crippen LogP contribution in [0.25, 0.3) is 97.7 Å². The van der Waals surface area contributed by atoms with Crippen molar-refractivity contribution in [3.8, 4) is 0 Å². The van der Waals surface area contributed by atoms with E-state index < -0.39 is 0 Å². The van der Waals surface area contributed by atoms with Crippen molar-refractivity contribution in [1.82, 2.24) is 13.7 Å². The molecule has 0 saturated carbocycles. The van der Waals surface area contributed by atoms with Gasteiger partial charge in [0.1, 0.15) is 0 Å². The molecule has 3 nitrogen and oxygen atoms in total. The molecule has 72 heavy (non-hydrogen) atoms. The Labute approximate surface area is 434 Å². The van der Waals surface area contributed by atoms with Crippen molar-refractivity contribution in [2.24, 2.45) is 0 Å². The maximum absolute atomic E-state index is 2.47. The summed E-state index contributed by atoms with van der Waals surface area (Å²) in [5, 5.41) is 16.1. The van der Waals surface area contributed by atoms with E-state index in [-0.39, 0.29) is 0 Å². The molecule has 0 fully saturated rings. The minimum absolute atomic E-state index is 0.447. The van der Waals surface area contributed by atoms with Crippen LogP contribution < -0.4 is 0 Å². The van der Waals surface area contributed by atoms with Crippen molar-refractivity contribution in [2.45, 2.75) is 143 Å². The smallest absolute Gasteiger partial charge is 0.0573 e. The predicted octanol–water partition coefficient (Wildman–Crippen LogP) is 22.7. The molecule has 9 aromatic carbocycles. The zero-order valence-electron chi connectivity index (χ0n) is 47.4. The molecule has 0 saturated heterocycles. The van der Waals surface area contributed by atoms with Crippen LogP contribution in [0.3, 0.4) is 0 Å². The Balaban J connectivity index is 0.000000212. The van der Waals surface area contributed by atoms with E-state index in [4.69, 9.17) is 0 Å². The molecule has 0 atom stereocenters. The second kappa shape index (κ2) is 28.3. The monoisotopic (exact) mass is 958 g/mol. The third-order valence-electron chi connectivity index (χ3n) is 12.3. The number of fused-ring (bicyclic) bond motifs is 14. The first-order chi connectivity index (χ1) is 35.3. The van der Waals surface area contributed by atoms with Gasteiger partial charge in [0, 0.05) is 83.4 Å². The van der Waals surface area contributed by atoms with Gasteiger partial charge in [0.2, 0.25) is 0 Å². The van der Waals surface area contributed by atoms with Crippen LogP contribution in [0.4, 0.5) is 0 Å². The number of nitrogens with zero attached hydrogens (tertiary/aromatic N) is 3. The summed E-state index contributed by atoms with van der Waals surface area (Å²) in [7, 11) is 0. The van der Waals surface area contributed by atoms with Crippen molar-refractivity contribution in [3.63, 3.8) is 0 Å². The average molecular weight is 958 g/mol. The predicted molar refractivity (Wildman–Crippen MR) is 330 cm³/mol. The second-order valence-electron chi connectivity index (χ2n) is 17.0. The average Bonchev–Trinajstić information content (AvgIpc) is 4.10. The Morgan fingerprint density at radius 1 is 0.236 bits per heavy atom. The van der Waals surface area contributed by atoms with Crippen LogP contribution in [0.1, 0.15) is 143 Å². The van der Waals surface area contributed by atoms with Crippen molar-refractivity contribution in [3.05, 3.63) is 182 Å². The van der Waals surface area contributed by atoms with Gasteiger partial charge in [-0.2, -0.15) is 0 Å². The zero-order valence-corrected chi connectivity index (χ0v) is 47.4. The molecule has 0 aliphatic rings. The lowest BCUT2D eigenvalue weighted by Gasteiger charge is -2.13. The number of hydrogen-bond acceptors (Lipinski definition) is 0. The van der Waals surface area contributed by atoms with Gasteiger partial charge in [0.05, 0.1) is 5.52 Å². The van der Waals surface area contributed by atoms with Crippen LogP contribution in [0.2, 0.25) is 0 Å². The lowest BCUT2D eigenvalue weighted by atomic mass is 10.0. The summed E-state index contributed by atoms with van der Waals surface area (Å²) >= 11 is 0. The normalized spacial score (nSPS) is 10.5. The highest BCUT2D eigenvalue weighted by Gasteiger charge is 2.17. The first-order valence-electron chi connectivity index (χ1n) is 27.5. The molecule has 12 aromatic rings. The molecule has 0 aliphatic heterocycles. The molecule has 0 bridgehead atoms. The van der Waals surface area contributed by atoms with E-state index in [1.54, 1.807) is 0 Å². The Hall–Kier alpha value is -6.84. The minimum Gasteiger partial charge on any atom is -0.338 e. The quantitative estimate of drug-likeness (QED) is 0.168. The van der Waals surface area contributed by atoms with Crippen molar-refractivity contribution in [1.29, 1.82) is 0 Å². The molecule has 3 heteroatoms. The fourth-order valence-electron chi connectivity index (χ4n) is 9.87. The highest BCUT2D eigenvalue weighted by atomic mass is 15.0. The number of benzene rings is 9. The fourth-order valence-corrected chi connectivity index (χ4v) is 9.87. The van der Waals surface area contributed by atoms with E-state index in [0.29, 0.717) is 18.1 Å². The molecular weight excluding hydrogens is 871 g/mol. The number of hydrogen-bond donors (Lipinski definition) is 0. The maximum atomic E-state index is 2.47. The van der Waals surface area contributed by atoms with E-state index in [9.17, 15) is 0 Å².